The Morgan fingerprint density at radius 2 is 2.17 bits per heavy atom. The molecular formula is C15H32N2O. The van der Waals surface area contributed by atoms with Crippen molar-refractivity contribution in [2.24, 2.45) is 11.7 Å². The van der Waals surface area contributed by atoms with Gasteiger partial charge in [-0.25, -0.2) is 0 Å². The van der Waals surface area contributed by atoms with Crippen LogP contribution < -0.4 is 5.73 Å². The number of nitrogens with zero attached hydrogens (tertiary/aromatic N) is 1. The van der Waals surface area contributed by atoms with Gasteiger partial charge in [-0.1, -0.05) is 19.8 Å². The fraction of sp³-hybridized carbons (Fsp3) is 1.00. The van der Waals surface area contributed by atoms with Crippen LogP contribution in [0.15, 0.2) is 0 Å². The summed E-state index contributed by atoms with van der Waals surface area (Å²) in [6.45, 7) is 9.79. The number of hydrogen-bond acceptors (Lipinski definition) is 3. The summed E-state index contributed by atoms with van der Waals surface area (Å²) in [7, 11) is 0. The summed E-state index contributed by atoms with van der Waals surface area (Å²) in [6.07, 6.45) is 8.09. The first-order valence-corrected chi connectivity index (χ1v) is 7.80. The zero-order chi connectivity index (χ0) is 13.2. The number of nitrogens with two attached hydrogens (primary N) is 1. The molecule has 2 unspecified atom stereocenters. The molecule has 1 saturated heterocycles. The second-order valence-corrected chi connectivity index (χ2v) is 5.71. The number of hydrogen-bond donors (Lipinski definition) is 1. The molecular weight excluding hydrogens is 224 g/mol. The fourth-order valence-electron chi connectivity index (χ4n) is 2.96. The van der Waals surface area contributed by atoms with Crippen LogP contribution in [0.25, 0.3) is 0 Å². The van der Waals surface area contributed by atoms with Crippen LogP contribution in [-0.4, -0.2) is 43.8 Å². The quantitative estimate of drug-likeness (QED) is 0.725. The van der Waals surface area contributed by atoms with Gasteiger partial charge in [0.25, 0.3) is 0 Å². The highest BCUT2D eigenvalue weighted by Crippen LogP contribution is 2.17. The lowest BCUT2D eigenvalue weighted by molar-refractivity contribution is 0.0673. The van der Waals surface area contributed by atoms with E-state index in [0.717, 1.165) is 25.6 Å². The zero-order valence-corrected chi connectivity index (χ0v) is 12.4. The maximum Gasteiger partial charge on any atom is 0.0673 e. The van der Waals surface area contributed by atoms with Gasteiger partial charge in [0, 0.05) is 19.7 Å². The lowest BCUT2D eigenvalue weighted by atomic mass is 9.94. The summed E-state index contributed by atoms with van der Waals surface area (Å²) in [5, 5.41) is 0. The van der Waals surface area contributed by atoms with Crippen LogP contribution >= 0.6 is 0 Å². The molecule has 1 aliphatic rings. The van der Waals surface area contributed by atoms with Crippen molar-refractivity contribution in [2.75, 3.05) is 32.8 Å². The first kappa shape index (κ1) is 15.9. The van der Waals surface area contributed by atoms with Crippen LogP contribution in [0.1, 0.15) is 52.4 Å². The van der Waals surface area contributed by atoms with Crippen LogP contribution in [0.5, 0.6) is 0 Å². The van der Waals surface area contributed by atoms with E-state index in [1.807, 2.05) is 0 Å². The predicted molar refractivity (Wildman–Crippen MR) is 77.8 cm³/mol. The van der Waals surface area contributed by atoms with E-state index in [2.05, 4.69) is 18.7 Å². The van der Waals surface area contributed by atoms with E-state index >= 15 is 0 Å². The highest BCUT2D eigenvalue weighted by molar-refractivity contribution is 4.68. The third-order valence-corrected chi connectivity index (χ3v) is 3.89. The average Bonchev–Trinajstić information content (AvgIpc) is 2.54. The molecule has 108 valence electrons. The zero-order valence-electron chi connectivity index (χ0n) is 12.4. The van der Waals surface area contributed by atoms with Gasteiger partial charge in [0.05, 0.1) is 6.10 Å². The molecule has 0 bridgehead atoms. The Bertz CT molecular complexity index is 193. The van der Waals surface area contributed by atoms with Gasteiger partial charge in [0.15, 0.2) is 0 Å². The highest BCUT2D eigenvalue weighted by Gasteiger charge is 2.15. The van der Waals surface area contributed by atoms with E-state index in [9.17, 15) is 0 Å². The summed E-state index contributed by atoms with van der Waals surface area (Å²) >= 11 is 0. The molecule has 3 heteroatoms. The first-order chi connectivity index (χ1) is 8.76. The highest BCUT2D eigenvalue weighted by atomic mass is 16.5. The largest absolute Gasteiger partial charge is 0.377 e. The van der Waals surface area contributed by atoms with Crippen molar-refractivity contribution in [1.29, 1.82) is 0 Å². The van der Waals surface area contributed by atoms with Crippen molar-refractivity contribution in [3.8, 4) is 0 Å². The fourth-order valence-corrected chi connectivity index (χ4v) is 2.96. The van der Waals surface area contributed by atoms with Crippen molar-refractivity contribution in [2.45, 2.75) is 58.5 Å². The molecule has 3 nitrogen and oxygen atoms in total. The summed E-state index contributed by atoms with van der Waals surface area (Å²) in [6, 6.07) is 0. The smallest absolute Gasteiger partial charge is 0.0673 e. The first-order valence-electron chi connectivity index (χ1n) is 7.80. The van der Waals surface area contributed by atoms with E-state index in [0.29, 0.717) is 6.10 Å². The average molecular weight is 256 g/mol. The van der Waals surface area contributed by atoms with Gasteiger partial charge in [-0.05, 0) is 51.6 Å². The Hall–Kier alpha value is -0.120. The molecule has 1 heterocycles. The van der Waals surface area contributed by atoms with E-state index in [4.69, 9.17) is 10.5 Å². The maximum absolute atomic E-state index is 5.69. The minimum atomic E-state index is 0.406. The minimum Gasteiger partial charge on any atom is -0.377 e. The van der Waals surface area contributed by atoms with Crippen molar-refractivity contribution in [3.63, 3.8) is 0 Å². The Labute approximate surface area is 113 Å². The molecule has 2 N–H and O–H groups in total. The summed E-state index contributed by atoms with van der Waals surface area (Å²) < 4.78 is 5.68. The van der Waals surface area contributed by atoms with E-state index in [-0.39, 0.29) is 0 Å². The second kappa shape index (κ2) is 9.76. The topological polar surface area (TPSA) is 38.5 Å². The molecule has 2 atom stereocenters. The van der Waals surface area contributed by atoms with Crippen LogP contribution in [0.3, 0.4) is 0 Å². The minimum absolute atomic E-state index is 0.406. The predicted octanol–water partition coefficient (Wildman–Crippen LogP) is 2.64. The molecule has 1 fully saturated rings. The molecule has 18 heavy (non-hydrogen) atoms. The van der Waals surface area contributed by atoms with E-state index in [1.54, 1.807) is 0 Å². The normalized spacial score (nSPS) is 23.8. The molecule has 0 spiro atoms. The van der Waals surface area contributed by atoms with Gasteiger partial charge < -0.3 is 15.4 Å². The van der Waals surface area contributed by atoms with Crippen LogP contribution in [-0.2, 0) is 4.74 Å². The summed E-state index contributed by atoms with van der Waals surface area (Å²) in [5.74, 6) is 0.848. The SMILES string of the molecule is CCCC(CCN)CCCN1CCCOC(C)C1. The van der Waals surface area contributed by atoms with Gasteiger partial charge in [-0.2, -0.15) is 0 Å². The molecule has 0 amide bonds. The Morgan fingerprint density at radius 1 is 1.33 bits per heavy atom. The molecule has 0 aromatic carbocycles. The van der Waals surface area contributed by atoms with E-state index in [1.165, 1.54) is 51.6 Å². The van der Waals surface area contributed by atoms with Gasteiger partial charge in [-0.3, -0.25) is 0 Å². The molecule has 0 aromatic rings. The Morgan fingerprint density at radius 3 is 2.89 bits per heavy atom. The number of ether oxygens (including phenoxy) is 1. The van der Waals surface area contributed by atoms with Crippen molar-refractivity contribution in [1.82, 2.24) is 4.90 Å². The van der Waals surface area contributed by atoms with Gasteiger partial charge in [-0.15, -0.1) is 0 Å². The summed E-state index contributed by atoms with van der Waals surface area (Å²) in [5.41, 5.74) is 5.69. The van der Waals surface area contributed by atoms with Gasteiger partial charge >= 0.3 is 0 Å². The third-order valence-electron chi connectivity index (χ3n) is 3.89. The van der Waals surface area contributed by atoms with Gasteiger partial charge in [0.1, 0.15) is 0 Å². The van der Waals surface area contributed by atoms with Gasteiger partial charge in [0.2, 0.25) is 0 Å². The molecule has 0 radical (unpaired) electrons. The maximum atomic E-state index is 5.69. The molecule has 0 aliphatic carbocycles. The lowest BCUT2D eigenvalue weighted by Gasteiger charge is -2.23. The van der Waals surface area contributed by atoms with Crippen molar-refractivity contribution < 1.29 is 4.74 Å². The van der Waals surface area contributed by atoms with E-state index < -0.39 is 0 Å². The third kappa shape index (κ3) is 6.72. The monoisotopic (exact) mass is 256 g/mol. The number of rotatable bonds is 8. The van der Waals surface area contributed by atoms with Crippen LogP contribution in [0, 0.1) is 5.92 Å². The summed E-state index contributed by atoms with van der Waals surface area (Å²) in [4.78, 5) is 2.57. The molecule has 0 saturated carbocycles. The molecule has 1 rings (SSSR count). The van der Waals surface area contributed by atoms with Crippen molar-refractivity contribution >= 4 is 0 Å². The Balaban J connectivity index is 2.17. The van der Waals surface area contributed by atoms with Crippen LogP contribution in [0.2, 0.25) is 0 Å². The molecule has 1 aliphatic heterocycles. The van der Waals surface area contributed by atoms with Crippen LogP contribution in [0.4, 0.5) is 0 Å². The Kier molecular flexibility index (Phi) is 8.64. The second-order valence-electron chi connectivity index (χ2n) is 5.71. The lowest BCUT2D eigenvalue weighted by Crippen LogP contribution is -2.31. The molecule has 0 aromatic heterocycles. The van der Waals surface area contributed by atoms with Crippen molar-refractivity contribution in [3.05, 3.63) is 0 Å². The standard InChI is InChI=1S/C15H32N2O/c1-3-6-15(8-9-16)7-4-10-17-11-5-12-18-14(2)13-17/h14-15H,3-13,16H2,1-2H3.